The highest BCUT2D eigenvalue weighted by Gasteiger charge is 2.27. The Kier molecular flexibility index (Phi) is 4.78. The molecule has 1 amide bonds. The Morgan fingerprint density at radius 2 is 2.50 bits per heavy atom. The van der Waals surface area contributed by atoms with E-state index >= 15 is 0 Å². The fourth-order valence-electron chi connectivity index (χ4n) is 2.57. The molecule has 2 unspecified atom stereocenters. The topological polar surface area (TPSA) is 49.3 Å². The average molecular weight is 267 g/mol. The molecule has 1 aromatic rings. The van der Waals surface area contributed by atoms with E-state index in [-0.39, 0.29) is 24.5 Å². The molecule has 2 atom stereocenters. The van der Waals surface area contributed by atoms with Crippen molar-refractivity contribution in [2.24, 2.45) is 0 Å². The molecule has 0 saturated heterocycles. The predicted molar refractivity (Wildman–Crippen MR) is 73.9 cm³/mol. The third-order valence-corrected chi connectivity index (χ3v) is 4.55. The van der Waals surface area contributed by atoms with E-state index in [1.165, 1.54) is 10.4 Å². The maximum atomic E-state index is 12.3. The summed E-state index contributed by atoms with van der Waals surface area (Å²) < 4.78 is 0. The van der Waals surface area contributed by atoms with Crippen molar-refractivity contribution in [3.8, 4) is 0 Å². The minimum Gasteiger partial charge on any atom is -0.396 e. The minimum absolute atomic E-state index is 0.0385. The number of hydrogen-bond donors (Lipinski definition) is 2. The van der Waals surface area contributed by atoms with Crippen LogP contribution in [0.4, 0.5) is 0 Å². The van der Waals surface area contributed by atoms with Gasteiger partial charge in [-0.1, -0.05) is 0 Å². The molecular weight excluding hydrogens is 246 g/mol. The SMILES string of the molecule is CC(CCCO)NC(=O)C1CCCc2sccc21. The number of rotatable bonds is 5. The van der Waals surface area contributed by atoms with Gasteiger partial charge in [0.1, 0.15) is 0 Å². The molecule has 0 fully saturated rings. The largest absolute Gasteiger partial charge is 0.396 e. The Balaban J connectivity index is 1.94. The van der Waals surface area contributed by atoms with Gasteiger partial charge in [-0.15, -0.1) is 11.3 Å². The van der Waals surface area contributed by atoms with Crippen LogP contribution in [0.1, 0.15) is 49.0 Å². The number of thiophene rings is 1. The first kappa shape index (κ1) is 13.6. The maximum absolute atomic E-state index is 12.3. The summed E-state index contributed by atoms with van der Waals surface area (Å²) in [6.07, 6.45) is 4.77. The van der Waals surface area contributed by atoms with Gasteiger partial charge < -0.3 is 10.4 Å². The second-order valence-corrected chi connectivity index (χ2v) is 6.02. The van der Waals surface area contributed by atoms with Crippen LogP contribution in [0.25, 0.3) is 0 Å². The van der Waals surface area contributed by atoms with Gasteiger partial charge in [0, 0.05) is 17.5 Å². The van der Waals surface area contributed by atoms with Gasteiger partial charge in [-0.2, -0.15) is 0 Å². The van der Waals surface area contributed by atoms with Gasteiger partial charge in [-0.25, -0.2) is 0 Å². The lowest BCUT2D eigenvalue weighted by molar-refractivity contribution is -0.123. The van der Waals surface area contributed by atoms with Crippen molar-refractivity contribution in [2.75, 3.05) is 6.61 Å². The smallest absolute Gasteiger partial charge is 0.227 e. The molecule has 0 spiro atoms. The molecule has 0 radical (unpaired) electrons. The first-order valence-electron chi connectivity index (χ1n) is 6.70. The first-order valence-corrected chi connectivity index (χ1v) is 7.58. The fraction of sp³-hybridized carbons (Fsp3) is 0.643. The van der Waals surface area contributed by atoms with Crippen LogP contribution in [-0.4, -0.2) is 23.7 Å². The third-order valence-electron chi connectivity index (χ3n) is 3.55. The monoisotopic (exact) mass is 267 g/mol. The number of fused-ring (bicyclic) bond motifs is 1. The van der Waals surface area contributed by atoms with Crippen LogP contribution >= 0.6 is 11.3 Å². The molecule has 100 valence electrons. The zero-order valence-electron chi connectivity index (χ0n) is 10.8. The number of aliphatic hydroxyl groups excluding tert-OH is 1. The van der Waals surface area contributed by atoms with Crippen LogP contribution in [0, 0.1) is 0 Å². The van der Waals surface area contributed by atoms with Gasteiger partial charge >= 0.3 is 0 Å². The maximum Gasteiger partial charge on any atom is 0.227 e. The van der Waals surface area contributed by atoms with E-state index in [2.05, 4.69) is 16.8 Å². The van der Waals surface area contributed by atoms with Crippen molar-refractivity contribution in [2.45, 2.75) is 51.0 Å². The van der Waals surface area contributed by atoms with E-state index in [4.69, 9.17) is 5.11 Å². The second kappa shape index (κ2) is 6.34. The lowest BCUT2D eigenvalue weighted by atomic mass is 9.87. The van der Waals surface area contributed by atoms with Crippen LogP contribution in [0.15, 0.2) is 11.4 Å². The highest BCUT2D eigenvalue weighted by molar-refractivity contribution is 7.10. The molecule has 0 bridgehead atoms. The molecule has 4 heteroatoms. The van der Waals surface area contributed by atoms with Crippen molar-refractivity contribution < 1.29 is 9.90 Å². The van der Waals surface area contributed by atoms with Gasteiger partial charge in [0.2, 0.25) is 5.91 Å². The normalized spacial score (nSPS) is 20.2. The van der Waals surface area contributed by atoms with E-state index in [0.29, 0.717) is 0 Å². The number of amides is 1. The van der Waals surface area contributed by atoms with Crippen LogP contribution in [0.5, 0.6) is 0 Å². The lowest BCUT2D eigenvalue weighted by Crippen LogP contribution is -2.37. The Morgan fingerprint density at radius 1 is 1.67 bits per heavy atom. The zero-order chi connectivity index (χ0) is 13.0. The molecule has 0 saturated carbocycles. The van der Waals surface area contributed by atoms with Gasteiger partial charge in [-0.3, -0.25) is 4.79 Å². The molecule has 1 aliphatic rings. The van der Waals surface area contributed by atoms with Gasteiger partial charge in [0.25, 0.3) is 0 Å². The standard InChI is InChI=1S/C14H21NO2S/c1-10(4-3-8-16)15-14(17)12-5-2-6-13-11(12)7-9-18-13/h7,9-10,12,16H,2-6,8H2,1H3,(H,15,17). The summed E-state index contributed by atoms with van der Waals surface area (Å²) in [5.41, 5.74) is 1.23. The summed E-state index contributed by atoms with van der Waals surface area (Å²) in [5.74, 6) is 0.191. The van der Waals surface area contributed by atoms with Crippen LogP contribution in [-0.2, 0) is 11.2 Å². The van der Waals surface area contributed by atoms with E-state index in [0.717, 1.165) is 32.1 Å². The van der Waals surface area contributed by atoms with Crippen molar-refractivity contribution in [3.05, 3.63) is 21.9 Å². The van der Waals surface area contributed by atoms with Crippen molar-refractivity contribution >= 4 is 17.2 Å². The number of carbonyl (C=O) groups excluding carboxylic acids is 1. The molecule has 2 N–H and O–H groups in total. The summed E-state index contributed by atoms with van der Waals surface area (Å²) in [7, 11) is 0. The zero-order valence-corrected chi connectivity index (χ0v) is 11.6. The Labute approximate surface area is 112 Å². The number of hydrogen-bond acceptors (Lipinski definition) is 3. The highest BCUT2D eigenvalue weighted by atomic mass is 32.1. The lowest BCUT2D eigenvalue weighted by Gasteiger charge is -2.24. The summed E-state index contributed by atoms with van der Waals surface area (Å²) in [6, 6.07) is 2.25. The molecule has 3 nitrogen and oxygen atoms in total. The Bertz CT molecular complexity index is 402. The predicted octanol–water partition coefficient (Wildman–Crippen LogP) is 2.45. The first-order chi connectivity index (χ1) is 8.72. The molecule has 0 aliphatic heterocycles. The second-order valence-electron chi connectivity index (χ2n) is 5.02. The molecule has 0 aromatic carbocycles. The molecule has 2 rings (SSSR count). The molecular formula is C14H21NO2S. The summed E-state index contributed by atoms with van der Waals surface area (Å²) in [5, 5.41) is 13.9. The van der Waals surface area contributed by atoms with Gasteiger partial charge in [0.05, 0.1) is 5.92 Å². The number of carbonyl (C=O) groups is 1. The van der Waals surface area contributed by atoms with Crippen LogP contribution in [0.2, 0.25) is 0 Å². The molecule has 18 heavy (non-hydrogen) atoms. The molecule has 1 heterocycles. The molecule has 1 aromatic heterocycles. The average Bonchev–Trinajstić information content (AvgIpc) is 2.84. The van der Waals surface area contributed by atoms with Gasteiger partial charge in [-0.05, 0) is 56.0 Å². The van der Waals surface area contributed by atoms with E-state index in [9.17, 15) is 4.79 Å². The fourth-order valence-corrected chi connectivity index (χ4v) is 3.56. The highest BCUT2D eigenvalue weighted by Crippen LogP contribution is 2.35. The van der Waals surface area contributed by atoms with Crippen molar-refractivity contribution in [3.63, 3.8) is 0 Å². The van der Waals surface area contributed by atoms with Crippen molar-refractivity contribution in [1.29, 1.82) is 0 Å². The third kappa shape index (κ3) is 3.12. The Hall–Kier alpha value is -0.870. The summed E-state index contributed by atoms with van der Waals surface area (Å²) >= 11 is 1.77. The number of aryl methyl sites for hydroxylation is 1. The minimum atomic E-state index is 0.0385. The van der Waals surface area contributed by atoms with Crippen LogP contribution in [0.3, 0.4) is 0 Å². The van der Waals surface area contributed by atoms with E-state index in [1.54, 1.807) is 11.3 Å². The number of nitrogens with one attached hydrogen (secondary N) is 1. The van der Waals surface area contributed by atoms with E-state index < -0.39 is 0 Å². The summed E-state index contributed by atoms with van der Waals surface area (Å²) in [4.78, 5) is 13.6. The van der Waals surface area contributed by atoms with Crippen LogP contribution < -0.4 is 5.32 Å². The van der Waals surface area contributed by atoms with Crippen molar-refractivity contribution in [1.82, 2.24) is 5.32 Å². The van der Waals surface area contributed by atoms with E-state index in [1.807, 2.05) is 6.92 Å². The quantitative estimate of drug-likeness (QED) is 0.861. The molecule has 1 aliphatic carbocycles. The number of aliphatic hydroxyl groups is 1. The Morgan fingerprint density at radius 3 is 3.28 bits per heavy atom. The summed E-state index contributed by atoms with van der Waals surface area (Å²) in [6.45, 7) is 2.20. The van der Waals surface area contributed by atoms with Gasteiger partial charge in [0.15, 0.2) is 0 Å².